The van der Waals surface area contributed by atoms with Crippen LogP contribution < -0.4 is 11.5 Å². The summed E-state index contributed by atoms with van der Waals surface area (Å²) < 4.78 is 3.38. The van der Waals surface area contributed by atoms with Crippen molar-refractivity contribution < 1.29 is 0 Å². The number of rotatable bonds is 5. The molecule has 0 amide bonds. The molecule has 1 aliphatic heterocycles. The minimum Gasteiger partial charge on any atom is -0.369 e. The molecule has 1 fully saturated rings. The standard InChI is InChI=1S/C21H29BrN6/c1-21(2,3)15-11-19(28(13-15)17-8-6-16(22)7-9-17)14-27-10-4-5-18(27)12-25-26-20(23)24/h6-9,11-13,18H,4-5,10,14H2,1-3H3,(H4,23,24,26)/b25-12+. The van der Waals surface area contributed by atoms with Gasteiger partial charge in [0, 0.05) is 40.9 Å². The van der Waals surface area contributed by atoms with E-state index in [0.29, 0.717) is 0 Å². The Morgan fingerprint density at radius 2 is 1.96 bits per heavy atom. The van der Waals surface area contributed by atoms with Gasteiger partial charge in [0.2, 0.25) is 5.96 Å². The first-order valence-corrected chi connectivity index (χ1v) is 10.4. The number of hydrogen-bond acceptors (Lipinski definition) is 3. The first-order valence-electron chi connectivity index (χ1n) is 9.58. The first-order chi connectivity index (χ1) is 13.2. The van der Waals surface area contributed by atoms with Crippen molar-refractivity contribution in [3.05, 3.63) is 52.3 Å². The molecule has 7 heteroatoms. The Balaban J connectivity index is 1.89. The highest BCUT2D eigenvalue weighted by Gasteiger charge is 2.26. The number of nitrogens with zero attached hydrogens (tertiary/aromatic N) is 4. The van der Waals surface area contributed by atoms with Gasteiger partial charge in [0.1, 0.15) is 0 Å². The van der Waals surface area contributed by atoms with Crippen LogP contribution in [0.15, 0.2) is 51.2 Å². The second kappa shape index (κ2) is 8.49. The number of aromatic nitrogens is 1. The molecule has 0 radical (unpaired) electrons. The van der Waals surface area contributed by atoms with E-state index in [1.54, 1.807) is 0 Å². The predicted octanol–water partition coefficient (Wildman–Crippen LogP) is 3.76. The summed E-state index contributed by atoms with van der Waals surface area (Å²) in [6.45, 7) is 8.63. The van der Waals surface area contributed by atoms with E-state index in [-0.39, 0.29) is 17.4 Å². The maximum Gasteiger partial charge on any atom is 0.211 e. The van der Waals surface area contributed by atoms with Crippen molar-refractivity contribution >= 4 is 28.1 Å². The largest absolute Gasteiger partial charge is 0.369 e. The van der Waals surface area contributed by atoms with E-state index >= 15 is 0 Å². The Labute approximate surface area is 175 Å². The molecule has 1 aromatic carbocycles. The van der Waals surface area contributed by atoms with Crippen LogP contribution in [0, 0.1) is 0 Å². The summed E-state index contributed by atoms with van der Waals surface area (Å²) in [5.74, 6) is -0.0141. The second-order valence-corrected chi connectivity index (χ2v) is 9.20. The Hall–Kier alpha value is -2.12. The highest BCUT2D eigenvalue weighted by atomic mass is 79.9. The Kier molecular flexibility index (Phi) is 6.25. The van der Waals surface area contributed by atoms with E-state index in [4.69, 9.17) is 11.5 Å². The van der Waals surface area contributed by atoms with Gasteiger partial charge in [-0.05, 0) is 60.7 Å². The SMILES string of the molecule is CC(C)(C)c1cc(CN2CCCC2/C=N/N=C(N)N)n(-c2ccc(Br)cc2)c1. The number of halogens is 1. The molecule has 0 aliphatic carbocycles. The minimum atomic E-state index is -0.0141. The third-order valence-electron chi connectivity index (χ3n) is 5.06. The molecular weight excluding hydrogens is 416 g/mol. The summed E-state index contributed by atoms with van der Waals surface area (Å²) >= 11 is 3.53. The molecule has 0 spiro atoms. The Morgan fingerprint density at radius 3 is 2.61 bits per heavy atom. The summed E-state index contributed by atoms with van der Waals surface area (Å²) in [6.07, 6.45) is 6.32. The monoisotopic (exact) mass is 444 g/mol. The van der Waals surface area contributed by atoms with E-state index in [2.05, 4.69) is 92.9 Å². The van der Waals surface area contributed by atoms with Crippen molar-refractivity contribution in [2.24, 2.45) is 21.7 Å². The van der Waals surface area contributed by atoms with Gasteiger partial charge in [-0.2, -0.15) is 5.10 Å². The van der Waals surface area contributed by atoms with Crippen LogP contribution in [0.3, 0.4) is 0 Å². The highest BCUT2D eigenvalue weighted by molar-refractivity contribution is 9.10. The van der Waals surface area contributed by atoms with Crippen LogP contribution >= 0.6 is 15.9 Å². The fourth-order valence-electron chi connectivity index (χ4n) is 3.48. The molecule has 0 bridgehead atoms. The molecule has 28 heavy (non-hydrogen) atoms. The van der Waals surface area contributed by atoms with Gasteiger partial charge in [-0.3, -0.25) is 4.90 Å². The van der Waals surface area contributed by atoms with Gasteiger partial charge < -0.3 is 16.0 Å². The van der Waals surface area contributed by atoms with E-state index < -0.39 is 0 Å². The number of guanidine groups is 1. The van der Waals surface area contributed by atoms with Gasteiger partial charge in [0.05, 0.1) is 0 Å². The van der Waals surface area contributed by atoms with Crippen LogP contribution in [0.5, 0.6) is 0 Å². The third kappa shape index (κ3) is 5.02. The molecule has 1 aliphatic rings. The van der Waals surface area contributed by atoms with Gasteiger partial charge in [-0.25, -0.2) is 0 Å². The van der Waals surface area contributed by atoms with Gasteiger partial charge in [-0.15, -0.1) is 5.10 Å². The van der Waals surface area contributed by atoms with E-state index in [9.17, 15) is 0 Å². The smallest absolute Gasteiger partial charge is 0.211 e. The minimum absolute atomic E-state index is 0.0141. The number of likely N-dealkylation sites (tertiary alicyclic amines) is 1. The lowest BCUT2D eigenvalue weighted by Crippen LogP contribution is -2.31. The second-order valence-electron chi connectivity index (χ2n) is 8.29. The van der Waals surface area contributed by atoms with Crippen molar-refractivity contribution in [3.8, 4) is 5.69 Å². The Morgan fingerprint density at radius 1 is 1.25 bits per heavy atom. The van der Waals surface area contributed by atoms with Crippen molar-refractivity contribution in [3.63, 3.8) is 0 Å². The topological polar surface area (TPSA) is 84.9 Å². The van der Waals surface area contributed by atoms with Crippen LogP contribution in [0.2, 0.25) is 0 Å². The normalized spacial score (nSPS) is 18.1. The molecule has 1 unspecified atom stereocenters. The van der Waals surface area contributed by atoms with Crippen LogP contribution in [0.1, 0.15) is 44.9 Å². The number of benzene rings is 1. The molecule has 150 valence electrons. The molecule has 2 heterocycles. The molecule has 4 N–H and O–H groups in total. The summed E-state index contributed by atoms with van der Waals surface area (Å²) in [6, 6.07) is 11.0. The summed E-state index contributed by atoms with van der Waals surface area (Å²) in [5, 5.41) is 7.78. The molecule has 1 aromatic heterocycles. The van der Waals surface area contributed by atoms with Crippen molar-refractivity contribution in [2.45, 2.75) is 51.6 Å². The van der Waals surface area contributed by atoms with Gasteiger partial charge in [0.25, 0.3) is 0 Å². The number of hydrogen-bond donors (Lipinski definition) is 2. The molecule has 2 aromatic rings. The lowest BCUT2D eigenvalue weighted by molar-refractivity contribution is 0.292. The predicted molar refractivity (Wildman–Crippen MR) is 120 cm³/mol. The van der Waals surface area contributed by atoms with Crippen molar-refractivity contribution in [1.29, 1.82) is 0 Å². The van der Waals surface area contributed by atoms with Crippen LogP contribution in [-0.2, 0) is 12.0 Å². The van der Waals surface area contributed by atoms with Crippen molar-refractivity contribution in [1.82, 2.24) is 9.47 Å². The highest BCUT2D eigenvalue weighted by Crippen LogP contribution is 2.29. The molecule has 3 rings (SSSR count). The van der Waals surface area contributed by atoms with Crippen LogP contribution in [0.4, 0.5) is 0 Å². The lowest BCUT2D eigenvalue weighted by atomic mass is 9.89. The van der Waals surface area contributed by atoms with E-state index in [1.807, 2.05) is 6.21 Å². The summed E-state index contributed by atoms with van der Waals surface area (Å²) in [4.78, 5) is 2.43. The van der Waals surface area contributed by atoms with Crippen LogP contribution in [-0.4, -0.2) is 34.2 Å². The summed E-state index contributed by atoms with van der Waals surface area (Å²) in [7, 11) is 0. The summed E-state index contributed by atoms with van der Waals surface area (Å²) in [5.41, 5.74) is 14.6. The maximum absolute atomic E-state index is 5.37. The molecule has 0 saturated carbocycles. The van der Waals surface area contributed by atoms with Crippen molar-refractivity contribution in [2.75, 3.05) is 6.54 Å². The molecule has 6 nitrogen and oxygen atoms in total. The Bertz CT molecular complexity index is 856. The zero-order valence-electron chi connectivity index (χ0n) is 16.8. The van der Waals surface area contributed by atoms with Gasteiger partial charge in [-0.1, -0.05) is 36.7 Å². The zero-order chi connectivity index (χ0) is 20.3. The molecule has 1 saturated heterocycles. The van der Waals surface area contributed by atoms with E-state index in [1.165, 1.54) is 16.9 Å². The van der Waals surface area contributed by atoms with Crippen LogP contribution in [0.25, 0.3) is 5.69 Å². The average molecular weight is 445 g/mol. The average Bonchev–Trinajstić information content (AvgIpc) is 3.23. The first kappa shape index (κ1) is 20.6. The van der Waals surface area contributed by atoms with Gasteiger partial charge >= 0.3 is 0 Å². The molecule has 1 atom stereocenters. The lowest BCUT2D eigenvalue weighted by Gasteiger charge is -2.22. The third-order valence-corrected chi connectivity index (χ3v) is 5.59. The quantitative estimate of drug-likeness (QED) is 0.418. The zero-order valence-corrected chi connectivity index (χ0v) is 18.4. The fraction of sp³-hybridized carbons (Fsp3) is 0.429. The number of nitrogens with two attached hydrogens (primary N) is 2. The molecular formula is C21H29BrN6. The fourth-order valence-corrected chi connectivity index (χ4v) is 3.75. The van der Waals surface area contributed by atoms with Gasteiger partial charge in [0.15, 0.2) is 0 Å². The van der Waals surface area contributed by atoms with E-state index in [0.717, 1.165) is 30.4 Å². The maximum atomic E-state index is 5.37.